The van der Waals surface area contributed by atoms with Crippen LogP contribution in [0, 0.1) is 5.92 Å². The predicted octanol–water partition coefficient (Wildman–Crippen LogP) is 1.99. The number of aryl methyl sites for hydroxylation is 1. The van der Waals surface area contributed by atoms with E-state index in [0.717, 1.165) is 25.0 Å². The molecule has 1 atom stereocenters. The van der Waals surface area contributed by atoms with Crippen molar-refractivity contribution in [1.29, 1.82) is 0 Å². The number of halogens is 2. The predicted molar refractivity (Wildman–Crippen MR) is 64.3 cm³/mol. The zero-order valence-corrected chi connectivity index (χ0v) is 10.5. The summed E-state index contributed by atoms with van der Waals surface area (Å²) in [4.78, 5) is 0. The van der Waals surface area contributed by atoms with Gasteiger partial charge in [-0.15, -0.1) is 5.10 Å². The lowest BCUT2D eigenvalue weighted by atomic mass is 9.86. The quantitative estimate of drug-likeness (QED) is 0.878. The fraction of sp³-hybridized carbons (Fsp3) is 0.833. The monoisotopic (exact) mass is 258 g/mol. The van der Waals surface area contributed by atoms with E-state index in [4.69, 9.17) is 5.73 Å². The first-order chi connectivity index (χ1) is 8.59. The number of hydrogen-bond acceptors (Lipinski definition) is 3. The molecule has 2 N–H and O–H groups in total. The largest absolute Gasteiger partial charge is 0.330 e. The lowest BCUT2D eigenvalue weighted by Crippen LogP contribution is -2.28. The van der Waals surface area contributed by atoms with Crippen LogP contribution < -0.4 is 5.73 Å². The second-order valence-corrected chi connectivity index (χ2v) is 5.14. The average molecular weight is 258 g/mol. The topological polar surface area (TPSA) is 56.7 Å². The van der Waals surface area contributed by atoms with Gasteiger partial charge < -0.3 is 5.73 Å². The summed E-state index contributed by atoms with van der Waals surface area (Å²) < 4.78 is 28.2. The Bertz CT molecular complexity index is 378. The second-order valence-electron chi connectivity index (χ2n) is 5.14. The summed E-state index contributed by atoms with van der Waals surface area (Å²) in [6, 6.07) is 0. The Hall–Kier alpha value is -1.04. The molecule has 1 aromatic heterocycles. The number of nitrogens with zero attached hydrogens (tertiary/aromatic N) is 3. The first kappa shape index (κ1) is 13.4. The van der Waals surface area contributed by atoms with Crippen molar-refractivity contribution in [2.24, 2.45) is 11.7 Å². The molecule has 102 valence electrons. The lowest BCUT2D eigenvalue weighted by molar-refractivity contribution is -0.0552. The molecule has 1 aliphatic rings. The summed E-state index contributed by atoms with van der Waals surface area (Å²) in [5.41, 5.74) is 6.32. The molecule has 1 heterocycles. The Kier molecular flexibility index (Phi) is 4.27. The molecule has 0 bridgehead atoms. The summed E-state index contributed by atoms with van der Waals surface area (Å²) >= 11 is 0. The van der Waals surface area contributed by atoms with Crippen molar-refractivity contribution in [3.8, 4) is 0 Å². The molecule has 4 nitrogen and oxygen atoms in total. The van der Waals surface area contributed by atoms with Crippen molar-refractivity contribution in [3.63, 3.8) is 0 Å². The molecule has 1 unspecified atom stereocenters. The van der Waals surface area contributed by atoms with Crippen molar-refractivity contribution in [2.45, 2.75) is 51.0 Å². The molecule has 0 spiro atoms. The highest BCUT2D eigenvalue weighted by Gasteiger charge is 2.36. The third kappa shape index (κ3) is 3.73. The van der Waals surface area contributed by atoms with E-state index in [1.807, 2.05) is 6.20 Å². The second kappa shape index (κ2) is 5.73. The van der Waals surface area contributed by atoms with E-state index in [2.05, 4.69) is 10.3 Å². The van der Waals surface area contributed by atoms with Crippen LogP contribution in [0.4, 0.5) is 8.78 Å². The summed E-state index contributed by atoms with van der Waals surface area (Å²) in [6.07, 6.45) is 4.99. The molecule has 6 heteroatoms. The van der Waals surface area contributed by atoms with Crippen molar-refractivity contribution in [1.82, 2.24) is 15.0 Å². The van der Waals surface area contributed by atoms with Gasteiger partial charge in [-0.1, -0.05) is 5.21 Å². The maximum Gasteiger partial charge on any atom is 0.248 e. The standard InChI is InChI=1S/C12H20F2N4/c13-12(14)5-1-3-10(7-12)8-18-9-11(16-17-18)4-2-6-15/h9-10H,1-8,15H2. The highest BCUT2D eigenvalue weighted by atomic mass is 19.3. The molecular formula is C12H20F2N4. The molecule has 0 aliphatic heterocycles. The molecule has 0 radical (unpaired) electrons. The van der Waals surface area contributed by atoms with E-state index >= 15 is 0 Å². The van der Waals surface area contributed by atoms with Crippen molar-refractivity contribution < 1.29 is 8.78 Å². The summed E-state index contributed by atoms with van der Waals surface area (Å²) in [5, 5.41) is 8.02. The summed E-state index contributed by atoms with van der Waals surface area (Å²) in [6.45, 7) is 1.17. The van der Waals surface area contributed by atoms with Crippen molar-refractivity contribution in [3.05, 3.63) is 11.9 Å². The molecule has 2 rings (SSSR count). The maximum atomic E-state index is 13.3. The average Bonchev–Trinajstić information content (AvgIpc) is 2.73. The third-order valence-electron chi connectivity index (χ3n) is 3.41. The van der Waals surface area contributed by atoms with E-state index in [-0.39, 0.29) is 18.8 Å². The highest BCUT2D eigenvalue weighted by Crippen LogP contribution is 2.37. The van der Waals surface area contributed by atoms with Gasteiger partial charge in [0, 0.05) is 25.6 Å². The van der Waals surface area contributed by atoms with Crippen LogP contribution in [0.2, 0.25) is 0 Å². The Balaban J connectivity index is 1.87. The molecule has 18 heavy (non-hydrogen) atoms. The Labute approximate surface area is 106 Å². The molecule has 1 fully saturated rings. The first-order valence-electron chi connectivity index (χ1n) is 6.56. The fourth-order valence-electron chi connectivity index (χ4n) is 2.52. The van der Waals surface area contributed by atoms with Crippen LogP contribution in [0.15, 0.2) is 6.20 Å². The third-order valence-corrected chi connectivity index (χ3v) is 3.41. The molecule has 0 saturated heterocycles. The zero-order chi connectivity index (χ0) is 13.0. The van der Waals surface area contributed by atoms with Gasteiger partial charge in [-0.2, -0.15) is 0 Å². The van der Waals surface area contributed by atoms with Crippen molar-refractivity contribution in [2.75, 3.05) is 6.54 Å². The highest BCUT2D eigenvalue weighted by molar-refractivity contribution is 4.92. The number of aromatic nitrogens is 3. The van der Waals surface area contributed by atoms with Gasteiger partial charge in [-0.3, -0.25) is 4.68 Å². The van der Waals surface area contributed by atoms with Gasteiger partial charge in [0.25, 0.3) is 0 Å². The van der Waals surface area contributed by atoms with E-state index < -0.39 is 5.92 Å². The fourth-order valence-corrected chi connectivity index (χ4v) is 2.52. The SMILES string of the molecule is NCCCc1cn(CC2CCCC(F)(F)C2)nn1. The zero-order valence-electron chi connectivity index (χ0n) is 10.5. The van der Waals surface area contributed by atoms with Gasteiger partial charge in [0.2, 0.25) is 5.92 Å². The number of alkyl halides is 2. The van der Waals surface area contributed by atoms with E-state index in [1.54, 1.807) is 4.68 Å². The van der Waals surface area contributed by atoms with E-state index in [0.29, 0.717) is 19.5 Å². The Morgan fingerprint density at radius 2 is 2.33 bits per heavy atom. The van der Waals surface area contributed by atoms with Crippen LogP contribution in [0.5, 0.6) is 0 Å². The summed E-state index contributed by atoms with van der Waals surface area (Å²) in [7, 11) is 0. The van der Waals surface area contributed by atoms with Crippen LogP contribution >= 0.6 is 0 Å². The van der Waals surface area contributed by atoms with Crippen LogP contribution in [0.25, 0.3) is 0 Å². The van der Waals surface area contributed by atoms with E-state index in [1.165, 1.54) is 0 Å². The normalized spacial score (nSPS) is 23.2. The van der Waals surface area contributed by atoms with Crippen LogP contribution in [-0.2, 0) is 13.0 Å². The Morgan fingerprint density at radius 3 is 3.06 bits per heavy atom. The molecule has 0 aromatic carbocycles. The minimum absolute atomic E-state index is 0.0119. The minimum atomic E-state index is -2.49. The summed E-state index contributed by atoms with van der Waals surface area (Å²) in [5.74, 6) is -2.48. The van der Waals surface area contributed by atoms with Gasteiger partial charge in [0.15, 0.2) is 0 Å². The number of rotatable bonds is 5. The number of hydrogen-bond donors (Lipinski definition) is 1. The minimum Gasteiger partial charge on any atom is -0.330 e. The first-order valence-corrected chi connectivity index (χ1v) is 6.56. The lowest BCUT2D eigenvalue weighted by Gasteiger charge is -2.28. The molecule has 1 aliphatic carbocycles. The van der Waals surface area contributed by atoms with Crippen LogP contribution in [-0.4, -0.2) is 27.5 Å². The Morgan fingerprint density at radius 1 is 1.50 bits per heavy atom. The van der Waals surface area contributed by atoms with Crippen LogP contribution in [0.1, 0.15) is 37.8 Å². The van der Waals surface area contributed by atoms with Gasteiger partial charge >= 0.3 is 0 Å². The van der Waals surface area contributed by atoms with Crippen LogP contribution in [0.3, 0.4) is 0 Å². The maximum absolute atomic E-state index is 13.3. The van der Waals surface area contributed by atoms with E-state index in [9.17, 15) is 8.78 Å². The van der Waals surface area contributed by atoms with Gasteiger partial charge in [0.05, 0.1) is 5.69 Å². The van der Waals surface area contributed by atoms with Crippen molar-refractivity contribution >= 4 is 0 Å². The molecule has 0 amide bonds. The smallest absolute Gasteiger partial charge is 0.248 e. The van der Waals surface area contributed by atoms with Gasteiger partial charge in [-0.05, 0) is 38.1 Å². The molecular weight excluding hydrogens is 238 g/mol. The van der Waals surface area contributed by atoms with Gasteiger partial charge in [-0.25, -0.2) is 8.78 Å². The molecule has 1 saturated carbocycles. The number of nitrogens with two attached hydrogens (primary N) is 1. The molecule has 1 aromatic rings. The van der Waals surface area contributed by atoms with Gasteiger partial charge in [0.1, 0.15) is 0 Å².